The molecule has 10 atom stereocenters. The van der Waals surface area contributed by atoms with Gasteiger partial charge in [-0.1, -0.05) is 24.3 Å². The maximum atomic E-state index is 14.4. The average molecular weight is 582 g/mol. The summed E-state index contributed by atoms with van der Waals surface area (Å²) in [4.78, 5) is 70.0. The van der Waals surface area contributed by atoms with Gasteiger partial charge in [-0.2, -0.15) is 0 Å². The highest BCUT2D eigenvalue weighted by atomic mass is 16.6. The highest BCUT2D eigenvalue weighted by Crippen LogP contribution is 2.81. The van der Waals surface area contributed by atoms with Gasteiger partial charge in [-0.15, -0.1) is 0 Å². The molecule has 6 aliphatic rings. The number of esters is 5. The van der Waals surface area contributed by atoms with E-state index >= 15 is 0 Å². The van der Waals surface area contributed by atoms with E-state index in [0.29, 0.717) is 6.42 Å². The summed E-state index contributed by atoms with van der Waals surface area (Å²) < 4.78 is 32.7. The molecule has 0 spiro atoms. The zero-order valence-corrected chi connectivity index (χ0v) is 23.8. The van der Waals surface area contributed by atoms with E-state index in [-0.39, 0.29) is 23.0 Å². The predicted molar refractivity (Wildman–Crippen MR) is 138 cm³/mol. The molecule has 0 radical (unpaired) electrons. The lowest BCUT2D eigenvalue weighted by molar-refractivity contribution is -0.169. The third-order valence-electron chi connectivity index (χ3n) is 11.0. The summed E-state index contributed by atoms with van der Waals surface area (Å²) in [5.74, 6) is -6.53. The molecule has 2 aliphatic carbocycles. The number of methoxy groups -OCH3 is 5. The minimum Gasteiger partial charge on any atom is -0.468 e. The quantitative estimate of drug-likeness (QED) is 0.341. The molecule has 1 saturated carbocycles. The lowest BCUT2D eigenvalue weighted by Crippen LogP contribution is -2.62. The highest BCUT2D eigenvalue weighted by molar-refractivity contribution is 6.05. The van der Waals surface area contributed by atoms with Crippen molar-refractivity contribution < 1.29 is 52.4 Å². The van der Waals surface area contributed by atoms with Crippen molar-refractivity contribution >= 4 is 29.8 Å². The van der Waals surface area contributed by atoms with Crippen LogP contribution in [0.1, 0.15) is 29.4 Å². The minimum atomic E-state index is -1.60. The van der Waals surface area contributed by atoms with E-state index in [0.717, 1.165) is 11.1 Å². The van der Waals surface area contributed by atoms with Gasteiger partial charge in [0.1, 0.15) is 11.1 Å². The fourth-order valence-electron chi connectivity index (χ4n) is 10.3. The molecule has 6 bridgehead atoms. The van der Waals surface area contributed by atoms with E-state index in [2.05, 4.69) is 0 Å². The third kappa shape index (κ3) is 2.69. The van der Waals surface area contributed by atoms with E-state index in [1.54, 1.807) is 4.90 Å². The van der Waals surface area contributed by atoms with Crippen LogP contribution >= 0.6 is 0 Å². The van der Waals surface area contributed by atoms with Crippen LogP contribution in [-0.4, -0.2) is 100 Å². The molecular formula is C30H31NO11. The Bertz CT molecular complexity index is 1390. The van der Waals surface area contributed by atoms with Crippen LogP contribution in [0.25, 0.3) is 0 Å². The van der Waals surface area contributed by atoms with Crippen LogP contribution in [-0.2, 0) is 52.4 Å². The van der Waals surface area contributed by atoms with E-state index in [9.17, 15) is 24.0 Å². The number of rotatable bonds is 6. The van der Waals surface area contributed by atoms with Crippen LogP contribution < -0.4 is 0 Å². The molecular weight excluding hydrogens is 550 g/mol. The standard InChI is InChI=1S/C30H31NO11/c1-37-16(32)11-31-29(27(35)40-4)19-14-10-15(13-9-7-6-8-12(13)14)20(19)30(31,28(36)41-5)22-21(29)23-17(25(33)38-2)18(24(22)42-23)26(34)39-3/h6-9,14-15,19-24H,10-11H2,1-5H3. The Balaban J connectivity index is 1.56. The largest absolute Gasteiger partial charge is 0.468 e. The van der Waals surface area contributed by atoms with Gasteiger partial charge in [0.25, 0.3) is 0 Å². The summed E-state index contributed by atoms with van der Waals surface area (Å²) in [7, 11) is 6.14. The summed E-state index contributed by atoms with van der Waals surface area (Å²) in [6.45, 7) is -0.420. The Morgan fingerprint density at radius 1 is 0.714 bits per heavy atom. The summed E-state index contributed by atoms with van der Waals surface area (Å²) in [5, 5.41) is 0. The van der Waals surface area contributed by atoms with Crippen molar-refractivity contribution in [2.24, 2.45) is 23.7 Å². The Morgan fingerprint density at radius 3 is 1.55 bits per heavy atom. The molecule has 10 unspecified atom stereocenters. The molecule has 0 amide bonds. The molecule has 4 heterocycles. The number of carbonyl (C=O) groups is 5. The lowest BCUT2D eigenvalue weighted by atomic mass is 9.49. The summed E-state index contributed by atoms with van der Waals surface area (Å²) >= 11 is 0. The summed E-state index contributed by atoms with van der Waals surface area (Å²) in [5.41, 5.74) is -1.14. The number of nitrogens with zero attached hydrogens (tertiary/aromatic N) is 1. The topological polar surface area (TPSA) is 144 Å². The van der Waals surface area contributed by atoms with E-state index in [4.69, 9.17) is 28.4 Å². The smallest absolute Gasteiger partial charge is 0.337 e. The van der Waals surface area contributed by atoms with Gasteiger partial charge >= 0.3 is 29.8 Å². The zero-order chi connectivity index (χ0) is 29.9. The molecule has 42 heavy (non-hydrogen) atoms. The van der Waals surface area contributed by atoms with Crippen LogP contribution in [0.15, 0.2) is 35.4 Å². The second-order valence-corrected chi connectivity index (χ2v) is 11.8. The van der Waals surface area contributed by atoms with Crippen molar-refractivity contribution in [3.63, 3.8) is 0 Å². The van der Waals surface area contributed by atoms with Gasteiger partial charge in [0.05, 0.1) is 65.4 Å². The van der Waals surface area contributed by atoms with Gasteiger partial charge in [0.2, 0.25) is 0 Å². The first-order chi connectivity index (χ1) is 20.2. The number of hydrogen-bond acceptors (Lipinski definition) is 12. The first kappa shape index (κ1) is 27.1. The molecule has 7 rings (SSSR count). The van der Waals surface area contributed by atoms with Gasteiger partial charge in [-0.3, -0.25) is 19.3 Å². The van der Waals surface area contributed by atoms with Crippen LogP contribution in [0.3, 0.4) is 0 Å². The maximum absolute atomic E-state index is 14.4. The van der Waals surface area contributed by atoms with Crippen LogP contribution in [0.2, 0.25) is 0 Å². The van der Waals surface area contributed by atoms with E-state index in [1.165, 1.54) is 35.5 Å². The molecule has 4 aliphatic heterocycles. The fraction of sp³-hybridized carbons (Fsp3) is 0.567. The fourth-order valence-corrected chi connectivity index (χ4v) is 10.3. The van der Waals surface area contributed by atoms with Gasteiger partial charge in [-0.05, 0) is 29.4 Å². The molecule has 12 heteroatoms. The van der Waals surface area contributed by atoms with Crippen LogP contribution in [0.5, 0.6) is 0 Å². The Hall–Kier alpha value is -3.77. The number of ether oxygens (including phenoxy) is 6. The van der Waals surface area contributed by atoms with E-state index < -0.39 is 83.3 Å². The van der Waals surface area contributed by atoms with Gasteiger partial charge < -0.3 is 28.4 Å². The first-order valence-electron chi connectivity index (χ1n) is 13.9. The van der Waals surface area contributed by atoms with Crippen LogP contribution in [0.4, 0.5) is 0 Å². The van der Waals surface area contributed by atoms with Gasteiger partial charge in [0, 0.05) is 23.7 Å². The number of hydrogen-bond donors (Lipinski definition) is 0. The number of fused-ring (bicyclic) bond motifs is 19. The molecule has 12 nitrogen and oxygen atoms in total. The van der Waals surface area contributed by atoms with Crippen molar-refractivity contribution in [1.29, 1.82) is 0 Å². The summed E-state index contributed by atoms with van der Waals surface area (Å²) in [6.07, 6.45) is -1.53. The monoisotopic (exact) mass is 581 g/mol. The van der Waals surface area contributed by atoms with E-state index in [1.807, 2.05) is 24.3 Å². The Labute approximate surface area is 241 Å². The molecule has 222 valence electrons. The van der Waals surface area contributed by atoms with Crippen molar-refractivity contribution in [3.8, 4) is 0 Å². The second-order valence-electron chi connectivity index (χ2n) is 11.8. The van der Waals surface area contributed by atoms with Gasteiger partial charge in [0.15, 0.2) is 0 Å². The molecule has 1 aromatic carbocycles. The number of benzene rings is 1. The molecule has 0 aromatic heterocycles. The van der Waals surface area contributed by atoms with Crippen molar-refractivity contribution in [2.75, 3.05) is 42.1 Å². The normalized spacial score (nSPS) is 39.5. The predicted octanol–water partition coefficient (Wildman–Crippen LogP) is 0.485. The van der Waals surface area contributed by atoms with Crippen molar-refractivity contribution in [3.05, 3.63) is 46.5 Å². The minimum absolute atomic E-state index is 0.0513. The molecule has 1 aromatic rings. The third-order valence-corrected chi connectivity index (χ3v) is 11.0. The highest BCUT2D eigenvalue weighted by Gasteiger charge is 2.92. The van der Waals surface area contributed by atoms with Crippen molar-refractivity contribution in [1.82, 2.24) is 4.90 Å². The molecule has 4 fully saturated rings. The maximum Gasteiger partial charge on any atom is 0.337 e. The van der Waals surface area contributed by atoms with Crippen molar-refractivity contribution in [2.45, 2.75) is 41.5 Å². The Morgan fingerprint density at radius 2 is 1.17 bits per heavy atom. The second kappa shape index (κ2) is 8.87. The summed E-state index contributed by atoms with van der Waals surface area (Å²) in [6, 6.07) is 7.96. The first-order valence-corrected chi connectivity index (χ1v) is 13.9. The van der Waals surface area contributed by atoms with Gasteiger partial charge in [-0.25, -0.2) is 9.59 Å². The number of carbonyl (C=O) groups excluding carboxylic acids is 5. The Kier molecular flexibility index (Phi) is 5.72. The lowest BCUT2D eigenvalue weighted by Gasteiger charge is -2.49. The zero-order valence-electron chi connectivity index (χ0n) is 23.8. The molecule has 0 N–H and O–H groups in total. The molecule has 3 saturated heterocycles. The SMILES string of the molecule is COC(=O)CN1C2(C(=O)OC)C3C4OC(C(C(=O)OC)=C4C(=O)OC)C3C1(C(=O)OC)C1C3CC(c4ccccc43)C12. The van der Waals surface area contributed by atoms with Crippen LogP contribution in [0, 0.1) is 23.7 Å². The average Bonchev–Trinajstić information content (AvgIpc) is 3.84.